The van der Waals surface area contributed by atoms with Gasteiger partial charge in [-0.1, -0.05) is 31.1 Å². The highest BCUT2D eigenvalue weighted by Crippen LogP contribution is 2.26. The molecule has 3 aromatic rings. The maximum Gasteiger partial charge on any atom is 0.277 e. The van der Waals surface area contributed by atoms with E-state index < -0.39 is 11.7 Å². The van der Waals surface area contributed by atoms with E-state index in [1.54, 1.807) is 24.4 Å². The Morgan fingerprint density at radius 2 is 2.17 bits per heavy atom. The Kier molecular flexibility index (Phi) is 5.44. The summed E-state index contributed by atoms with van der Waals surface area (Å²) in [6.07, 6.45) is 3.42. The Hall–Kier alpha value is -3.00. The summed E-state index contributed by atoms with van der Waals surface area (Å²) in [6.45, 7) is 7.33. The standard InChI is InChI=1S/C21H24FN5O2/c1-13-8-23-9-15(14(13)2)11-27-12-16(10-24-27)25-21(28)19-7-20(29-26-19)17-5-3-4-6-18(17)22/h3-7,10,12-15,23H,8-9,11H2,1-2H3,(H,25,28). The van der Waals surface area contributed by atoms with Crippen molar-refractivity contribution in [3.63, 3.8) is 0 Å². The van der Waals surface area contributed by atoms with Crippen molar-refractivity contribution in [1.29, 1.82) is 0 Å². The van der Waals surface area contributed by atoms with Crippen molar-refractivity contribution in [2.45, 2.75) is 20.4 Å². The molecule has 7 nitrogen and oxygen atoms in total. The Labute approximate surface area is 168 Å². The molecule has 1 fully saturated rings. The molecule has 8 heteroatoms. The van der Waals surface area contributed by atoms with Gasteiger partial charge in [0.25, 0.3) is 5.91 Å². The quantitative estimate of drug-likeness (QED) is 0.689. The van der Waals surface area contributed by atoms with Crippen LogP contribution in [-0.2, 0) is 6.54 Å². The van der Waals surface area contributed by atoms with Gasteiger partial charge in [-0.2, -0.15) is 5.10 Å². The van der Waals surface area contributed by atoms with Crippen molar-refractivity contribution in [2.24, 2.45) is 17.8 Å². The number of nitrogens with zero attached hydrogens (tertiary/aromatic N) is 3. The van der Waals surface area contributed by atoms with E-state index in [2.05, 4.69) is 34.7 Å². The molecule has 2 N–H and O–H groups in total. The van der Waals surface area contributed by atoms with E-state index in [-0.39, 0.29) is 17.0 Å². The molecule has 0 saturated carbocycles. The molecule has 1 aromatic carbocycles. The first-order chi connectivity index (χ1) is 14.0. The van der Waals surface area contributed by atoms with Gasteiger partial charge in [-0.3, -0.25) is 9.48 Å². The molecule has 0 bridgehead atoms. The summed E-state index contributed by atoms with van der Waals surface area (Å²) in [7, 11) is 0. The number of hydrogen-bond acceptors (Lipinski definition) is 5. The van der Waals surface area contributed by atoms with Crippen LogP contribution >= 0.6 is 0 Å². The first-order valence-corrected chi connectivity index (χ1v) is 9.77. The Bertz CT molecular complexity index is 998. The first-order valence-electron chi connectivity index (χ1n) is 9.77. The third kappa shape index (κ3) is 4.22. The summed E-state index contributed by atoms with van der Waals surface area (Å²) in [5, 5.41) is 14.3. The van der Waals surface area contributed by atoms with Crippen molar-refractivity contribution in [3.05, 3.63) is 54.2 Å². The highest BCUT2D eigenvalue weighted by Gasteiger charge is 2.27. The van der Waals surface area contributed by atoms with Crippen LogP contribution in [-0.4, -0.2) is 33.9 Å². The molecule has 0 spiro atoms. The number of amides is 1. The SMILES string of the molecule is CC1CNCC(Cn2cc(NC(=O)c3cc(-c4ccccc4F)on3)cn2)C1C. The molecule has 3 heterocycles. The highest BCUT2D eigenvalue weighted by molar-refractivity contribution is 6.03. The summed E-state index contributed by atoms with van der Waals surface area (Å²) in [6, 6.07) is 7.61. The van der Waals surface area contributed by atoms with Gasteiger partial charge < -0.3 is 15.2 Å². The predicted molar refractivity (Wildman–Crippen MR) is 107 cm³/mol. The Morgan fingerprint density at radius 3 is 3.00 bits per heavy atom. The Balaban J connectivity index is 1.40. The lowest BCUT2D eigenvalue weighted by Gasteiger charge is -2.34. The average Bonchev–Trinajstić information content (AvgIpc) is 3.36. The lowest BCUT2D eigenvalue weighted by molar-refractivity contribution is 0.101. The van der Waals surface area contributed by atoms with Crippen LogP contribution in [0.15, 0.2) is 47.2 Å². The Morgan fingerprint density at radius 1 is 1.34 bits per heavy atom. The number of nitrogens with one attached hydrogen (secondary N) is 2. The van der Waals surface area contributed by atoms with E-state index in [4.69, 9.17) is 4.52 Å². The van der Waals surface area contributed by atoms with Gasteiger partial charge in [-0.25, -0.2) is 4.39 Å². The van der Waals surface area contributed by atoms with Crippen LogP contribution in [0.4, 0.5) is 10.1 Å². The lowest BCUT2D eigenvalue weighted by Crippen LogP contribution is -2.42. The number of carbonyl (C=O) groups is 1. The second kappa shape index (κ2) is 8.16. The molecule has 1 aliphatic heterocycles. The van der Waals surface area contributed by atoms with Gasteiger partial charge in [0.1, 0.15) is 5.82 Å². The van der Waals surface area contributed by atoms with Crippen LogP contribution in [0, 0.1) is 23.6 Å². The third-order valence-electron chi connectivity index (χ3n) is 5.71. The van der Waals surface area contributed by atoms with E-state index >= 15 is 0 Å². The van der Waals surface area contributed by atoms with E-state index in [0.717, 1.165) is 19.6 Å². The van der Waals surface area contributed by atoms with Crippen LogP contribution in [0.2, 0.25) is 0 Å². The molecule has 1 amide bonds. The van der Waals surface area contributed by atoms with Crippen LogP contribution in [0.5, 0.6) is 0 Å². The third-order valence-corrected chi connectivity index (χ3v) is 5.71. The van der Waals surface area contributed by atoms with Gasteiger partial charge in [-0.05, 0) is 43.0 Å². The number of hydrogen-bond donors (Lipinski definition) is 2. The zero-order valence-electron chi connectivity index (χ0n) is 16.4. The first kappa shape index (κ1) is 19.3. The minimum absolute atomic E-state index is 0.0786. The zero-order chi connectivity index (χ0) is 20.4. The minimum atomic E-state index is -0.433. The number of carbonyl (C=O) groups excluding carboxylic acids is 1. The maximum absolute atomic E-state index is 13.9. The molecule has 0 radical (unpaired) electrons. The monoisotopic (exact) mass is 397 g/mol. The van der Waals surface area contributed by atoms with Gasteiger partial charge in [0.05, 0.1) is 17.4 Å². The van der Waals surface area contributed by atoms with E-state index in [0.29, 0.717) is 23.4 Å². The molecule has 2 aromatic heterocycles. The molecule has 1 saturated heterocycles. The van der Waals surface area contributed by atoms with Crippen molar-refractivity contribution >= 4 is 11.6 Å². The molecular formula is C21H24FN5O2. The van der Waals surface area contributed by atoms with Crippen molar-refractivity contribution < 1.29 is 13.7 Å². The summed E-state index contributed by atoms with van der Waals surface area (Å²) in [5.41, 5.74) is 0.918. The number of halogens is 1. The molecule has 3 unspecified atom stereocenters. The molecule has 4 rings (SSSR count). The predicted octanol–water partition coefficient (Wildman–Crippen LogP) is 3.42. The maximum atomic E-state index is 13.9. The fourth-order valence-corrected chi connectivity index (χ4v) is 3.70. The largest absolute Gasteiger partial charge is 0.355 e. The number of rotatable bonds is 5. The zero-order valence-corrected chi connectivity index (χ0v) is 16.4. The number of benzene rings is 1. The van der Waals surface area contributed by atoms with Crippen LogP contribution in [0.3, 0.4) is 0 Å². The van der Waals surface area contributed by atoms with Gasteiger partial charge >= 0.3 is 0 Å². The van der Waals surface area contributed by atoms with Gasteiger partial charge in [-0.15, -0.1) is 0 Å². The molecule has 152 valence electrons. The summed E-state index contributed by atoms with van der Waals surface area (Å²) in [4.78, 5) is 12.5. The number of piperidine rings is 1. The molecular weight excluding hydrogens is 373 g/mol. The second-order valence-electron chi connectivity index (χ2n) is 7.72. The number of anilines is 1. The molecule has 1 aliphatic rings. The fraction of sp³-hybridized carbons (Fsp3) is 0.381. The summed E-state index contributed by atoms with van der Waals surface area (Å²) < 4.78 is 20.9. The molecule has 3 atom stereocenters. The average molecular weight is 397 g/mol. The van der Waals surface area contributed by atoms with Crippen LogP contribution in [0.1, 0.15) is 24.3 Å². The van der Waals surface area contributed by atoms with Gasteiger partial charge in [0, 0.05) is 18.8 Å². The normalized spacial score (nSPS) is 21.8. The lowest BCUT2D eigenvalue weighted by atomic mass is 9.81. The van der Waals surface area contributed by atoms with E-state index in [1.165, 1.54) is 12.1 Å². The minimum Gasteiger partial charge on any atom is -0.355 e. The molecule has 29 heavy (non-hydrogen) atoms. The van der Waals surface area contributed by atoms with E-state index in [1.807, 2.05) is 10.9 Å². The van der Waals surface area contributed by atoms with Crippen molar-refractivity contribution in [2.75, 3.05) is 18.4 Å². The van der Waals surface area contributed by atoms with Crippen molar-refractivity contribution in [1.82, 2.24) is 20.3 Å². The second-order valence-corrected chi connectivity index (χ2v) is 7.72. The topological polar surface area (TPSA) is 85.0 Å². The summed E-state index contributed by atoms with van der Waals surface area (Å²) in [5.74, 6) is 1.05. The van der Waals surface area contributed by atoms with Crippen LogP contribution < -0.4 is 10.6 Å². The van der Waals surface area contributed by atoms with Crippen molar-refractivity contribution in [3.8, 4) is 11.3 Å². The van der Waals surface area contributed by atoms with E-state index in [9.17, 15) is 9.18 Å². The summed E-state index contributed by atoms with van der Waals surface area (Å²) >= 11 is 0. The number of aromatic nitrogens is 3. The van der Waals surface area contributed by atoms with Gasteiger partial charge in [0.2, 0.25) is 0 Å². The van der Waals surface area contributed by atoms with Gasteiger partial charge in [0.15, 0.2) is 11.5 Å². The van der Waals surface area contributed by atoms with Crippen LogP contribution in [0.25, 0.3) is 11.3 Å². The fourth-order valence-electron chi connectivity index (χ4n) is 3.70. The molecule has 0 aliphatic carbocycles. The smallest absolute Gasteiger partial charge is 0.277 e. The highest BCUT2D eigenvalue weighted by atomic mass is 19.1.